The molecule has 0 unspecified atom stereocenters. The molecule has 0 aliphatic carbocycles. The summed E-state index contributed by atoms with van der Waals surface area (Å²) in [6, 6.07) is 8.31. The summed E-state index contributed by atoms with van der Waals surface area (Å²) in [5.41, 5.74) is 6.94. The minimum atomic E-state index is -1.60. The Balaban J connectivity index is 3.19. The number of halogens is 1. The van der Waals surface area contributed by atoms with Gasteiger partial charge in [0, 0.05) is 10.0 Å². The monoisotopic (exact) mass is 336 g/mol. The van der Waals surface area contributed by atoms with Gasteiger partial charge in [0.05, 0.1) is 0 Å². The SMILES string of the molecule is CC(C)[Si](C#Cc1ccc(Br)cc1)(C(C)C)C(C)C. The van der Waals surface area contributed by atoms with Gasteiger partial charge >= 0.3 is 0 Å². The molecule has 0 heterocycles. The van der Waals surface area contributed by atoms with Gasteiger partial charge in [0.15, 0.2) is 0 Å². The van der Waals surface area contributed by atoms with Gasteiger partial charge in [-0.3, -0.25) is 0 Å². The van der Waals surface area contributed by atoms with Crippen LogP contribution in [-0.4, -0.2) is 8.07 Å². The predicted octanol–water partition coefficient (Wildman–Crippen LogP) is 6.02. The van der Waals surface area contributed by atoms with Crippen LogP contribution in [0.2, 0.25) is 16.6 Å². The van der Waals surface area contributed by atoms with Gasteiger partial charge < -0.3 is 0 Å². The molecule has 0 N–H and O–H groups in total. The van der Waals surface area contributed by atoms with Gasteiger partial charge in [0.25, 0.3) is 0 Å². The molecule has 104 valence electrons. The van der Waals surface area contributed by atoms with E-state index in [1.165, 1.54) is 0 Å². The lowest BCUT2D eigenvalue weighted by Gasteiger charge is -2.38. The van der Waals surface area contributed by atoms with Crippen molar-refractivity contribution in [1.29, 1.82) is 0 Å². The molecule has 0 atom stereocenters. The van der Waals surface area contributed by atoms with E-state index in [0.717, 1.165) is 10.0 Å². The van der Waals surface area contributed by atoms with E-state index in [1.54, 1.807) is 0 Å². The van der Waals surface area contributed by atoms with Crippen LogP contribution >= 0.6 is 15.9 Å². The number of rotatable bonds is 3. The Bertz CT molecular complexity index is 439. The van der Waals surface area contributed by atoms with Gasteiger partial charge in [-0.1, -0.05) is 63.4 Å². The highest BCUT2D eigenvalue weighted by atomic mass is 79.9. The van der Waals surface area contributed by atoms with Crippen LogP contribution < -0.4 is 0 Å². The third-order valence-electron chi connectivity index (χ3n) is 4.13. The number of hydrogen-bond donors (Lipinski definition) is 0. The fourth-order valence-corrected chi connectivity index (χ4v) is 8.64. The van der Waals surface area contributed by atoms with Crippen LogP contribution in [0.5, 0.6) is 0 Å². The first-order chi connectivity index (χ1) is 8.80. The van der Waals surface area contributed by atoms with E-state index in [4.69, 9.17) is 0 Å². The van der Waals surface area contributed by atoms with Crippen molar-refractivity contribution in [2.75, 3.05) is 0 Å². The Morgan fingerprint density at radius 3 is 1.63 bits per heavy atom. The highest BCUT2D eigenvalue weighted by Gasteiger charge is 2.41. The predicted molar refractivity (Wildman–Crippen MR) is 92.1 cm³/mol. The van der Waals surface area contributed by atoms with Crippen LogP contribution in [0, 0.1) is 11.5 Å². The van der Waals surface area contributed by atoms with Gasteiger partial charge in [0.1, 0.15) is 8.07 Å². The third-order valence-corrected chi connectivity index (χ3v) is 11.0. The zero-order valence-electron chi connectivity index (χ0n) is 12.9. The zero-order chi connectivity index (χ0) is 14.6. The van der Waals surface area contributed by atoms with E-state index in [0.29, 0.717) is 16.6 Å². The quantitative estimate of drug-likeness (QED) is 0.467. The normalized spacial score (nSPS) is 11.9. The summed E-state index contributed by atoms with van der Waals surface area (Å²) < 4.78 is 1.11. The van der Waals surface area contributed by atoms with E-state index in [-0.39, 0.29) is 0 Å². The van der Waals surface area contributed by atoms with Crippen LogP contribution in [0.3, 0.4) is 0 Å². The highest BCUT2D eigenvalue weighted by Crippen LogP contribution is 2.40. The van der Waals surface area contributed by atoms with Crippen LogP contribution in [0.4, 0.5) is 0 Å². The molecule has 19 heavy (non-hydrogen) atoms. The minimum absolute atomic E-state index is 0.690. The molecule has 1 aromatic carbocycles. The fourth-order valence-electron chi connectivity index (χ4n) is 3.15. The van der Waals surface area contributed by atoms with Gasteiger partial charge in [-0.2, -0.15) is 0 Å². The van der Waals surface area contributed by atoms with Crippen molar-refractivity contribution in [1.82, 2.24) is 0 Å². The average Bonchev–Trinajstić information content (AvgIpc) is 2.30. The largest absolute Gasteiger partial charge is 0.146 e. The molecule has 1 aromatic rings. The Morgan fingerprint density at radius 2 is 1.26 bits per heavy atom. The van der Waals surface area contributed by atoms with Crippen LogP contribution in [0.15, 0.2) is 28.7 Å². The second kappa shape index (κ2) is 6.77. The first kappa shape index (κ1) is 16.5. The number of hydrogen-bond acceptors (Lipinski definition) is 0. The second-order valence-electron chi connectivity index (χ2n) is 6.15. The summed E-state index contributed by atoms with van der Waals surface area (Å²) in [4.78, 5) is 0. The molecular formula is C17H25BrSi. The van der Waals surface area contributed by atoms with Crippen LogP contribution in [0.25, 0.3) is 0 Å². The molecular weight excluding hydrogens is 312 g/mol. The van der Waals surface area contributed by atoms with Gasteiger partial charge in [-0.05, 0) is 40.9 Å². The van der Waals surface area contributed by atoms with Crippen molar-refractivity contribution in [2.24, 2.45) is 0 Å². The van der Waals surface area contributed by atoms with E-state index < -0.39 is 8.07 Å². The molecule has 0 bridgehead atoms. The molecule has 0 saturated heterocycles. The maximum Gasteiger partial charge on any atom is 0.146 e. The average molecular weight is 337 g/mol. The summed E-state index contributed by atoms with van der Waals surface area (Å²) in [6.07, 6.45) is 0. The van der Waals surface area contributed by atoms with E-state index >= 15 is 0 Å². The van der Waals surface area contributed by atoms with Crippen molar-refractivity contribution in [3.63, 3.8) is 0 Å². The lowest BCUT2D eigenvalue weighted by Crippen LogP contribution is -2.43. The Labute approximate surface area is 128 Å². The molecule has 1 rings (SSSR count). The first-order valence-corrected chi connectivity index (χ1v) is 10.1. The van der Waals surface area contributed by atoms with E-state index in [1.807, 2.05) is 0 Å². The molecule has 2 heteroatoms. The summed E-state index contributed by atoms with van der Waals surface area (Å²) in [5.74, 6) is 3.45. The second-order valence-corrected chi connectivity index (χ2v) is 12.6. The lowest BCUT2D eigenvalue weighted by molar-refractivity contribution is 0.838. The summed E-state index contributed by atoms with van der Waals surface area (Å²) in [7, 11) is -1.60. The minimum Gasteiger partial charge on any atom is -0.125 e. The summed E-state index contributed by atoms with van der Waals surface area (Å²) in [5, 5.41) is 0. The molecule has 0 radical (unpaired) electrons. The van der Waals surface area contributed by atoms with Gasteiger partial charge in [-0.15, -0.1) is 5.54 Å². The molecule has 0 aliphatic rings. The van der Waals surface area contributed by atoms with Gasteiger partial charge in [-0.25, -0.2) is 0 Å². The molecule has 0 spiro atoms. The van der Waals surface area contributed by atoms with Crippen molar-refractivity contribution < 1.29 is 0 Å². The fraction of sp³-hybridized carbons (Fsp3) is 0.529. The van der Waals surface area contributed by atoms with Crippen molar-refractivity contribution in [2.45, 2.75) is 58.2 Å². The van der Waals surface area contributed by atoms with Crippen molar-refractivity contribution in [3.05, 3.63) is 34.3 Å². The molecule has 0 aliphatic heterocycles. The van der Waals surface area contributed by atoms with Gasteiger partial charge in [0.2, 0.25) is 0 Å². The third kappa shape index (κ3) is 3.74. The maximum atomic E-state index is 3.74. The maximum absolute atomic E-state index is 3.74. The summed E-state index contributed by atoms with van der Waals surface area (Å²) >= 11 is 3.47. The van der Waals surface area contributed by atoms with Crippen molar-refractivity contribution in [3.8, 4) is 11.5 Å². The smallest absolute Gasteiger partial charge is 0.125 e. The van der Waals surface area contributed by atoms with Crippen molar-refractivity contribution >= 4 is 24.0 Å². The highest BCUT2D eigenvalue weighted by molar-refractivity contribution is 9.10. The summed E-state index contributed by atoms with van der Waals surface area (Å²) in [6.45, 7) is 14.1. The lowest BCUT2D eigenvalue weighted by atomic mass is 10.2. The number of benzene rings is 1. The zero-order valence-corrected chi connectivity index (χ0v) is 15.5. The van der Waals surface area contributed by atoms with Crippen LogP contribution in [0.1, 0.15) is 47.1 Å². The molecule has 0 fully saturated rings. The van der Waals surface area contributed by atoms with Crippen LogP contribution in [-0.2, 0) is 0 Å². The Hall–Kier alpha value is -0.523. The first-order valence-electron chi connectivity index (χ1n) is 7.09. The van der Waals surface area contributed by atoms with E-state index in [9.17, 15) is 0 Å². The molecule has 0 aromatic heterocycles. The molecule has 0 nitrogen and oxygen atoms in total. The van der Waals surface area contributed by atoms with E-state index in [2.05, 4.69) is 93.2 Å². The molecule has 0 saturated carbocycles. The Morgan fingerprint density at radius 1 is 0.842 bits per heavy atom. The standard InChI is InChI=1S/C17H25BrSi/c1-13(2)19(14(3)4,15(5)6)12-11-16-7-9-17(18)10-8-16/h7-10,13-15H,1-6H3. The Kier molecular flexibility index (Phi) is 5.89. The molecule has 0 amide bonds. The topological polar surface area (TPSA) is 0 Å².